The van der Waals surface area contributed by atoms with Gasteiger partial charge in [-0.25, -0.2) is 0 Å². The molecule has 0 fully saturated rings. The lowest BCUT2D eigenvalue weighted by atomic mass is 9.95. The van der Waals surface area contributed by atoms with Gasteiger partial charge in [-0.1, -0.05) is 6.92 Å². The number of carbonyl (C=O) groups is 1. The van der Waals surface area contributed by atoms with E-state index in [0.29, 0.717) is 29.0 Å². The van der Waals surface area contributed by atoms with Crippen LogP contribution >= 0.6 is 0 Å². The van der Waals surface area contributed by atoms with Gasteiger partial charge in [0.1, 0.15) is 23.5 Å². The lowest BCUT2D eigenvalue weighted by Crippen LogP contribution is -2.07. The summed E-state index contributed by atoms with van der Waals surface area (Å²) < 4.78 is 10.6. The molecule has 0 saturated heterocycles. The molecule has 4 heteroatoms. The van der Waals surface area contributed by atoms with Gasteiger partial charge < -0.3 is 19.4 Å². The number of aldehydes is 1. The number of rotatable bonds is 5. The molecular weight excluding hydrogens is 232 g/mol. The molecule has 0 bridgehead atoms. The van der Waals surface area contributed by atoms with Gasteiger partial charge in [0, 0.05) is 22.6 Å². The Hall–Kier alpha value is -1.71. The van der Waals surface area contributed by atoms with Crippen molar-refractivity contribution in [1.82, 2.24) is 0 Å². The van der Waals surface area contributed by atoms with Gasteiger partial charge in [0.25, 0.3) is 0 Å². The number of benzene rings is 1. The van der Waals surface area contributed by atoms with Crippen LogP contribution in [0.25, 0.3) is 0 Å². The molecule has 1 atom stereocenters. The predicted molar refractivity (Wildman–Crippen MR) is 69.3 cm³/mol. The van der Waals surface area contributed by atoms with E-state index in [1.54, 1.807) is 6.92 Å². The second-order valence-corrected chi connectivity index (χ2v) is 4.31. The van der Waals surface area contributed by atoms with E-state index >= 15 is 0 Å². The Morgan fingerprint density at radius 2 is 1.89 bits per heavy atom. The highest BCUT2D eigenvalue weighted by Crippen LogP contribution is 2.42. The van der Waals surface area contributed by atoms with E-state index in [-0.39, 0.29) is 11.7 Å². The average molecular weight is 251 g/mol. The van der Waals surface area contributed by atoms with Crippen LogP contribution in [0.4, 0.5) is 0 Å². The quantitative estimate of drug-likeness (QED) is 0.816. The second-order valence-electron chi connectivity index (χ2n) is 4.31. The first-order valence-electron chi connectivity index (χ1n) is 5.71. The average Bonchev–Trinajstić information content (AvgIpc) is 2.37. The third kappa shape index (κ3) is 2.42. The lowest BCUT2D eigenvalue weighted by Gasteiger charge is -2.20. The molecular formula is C14H19O4. The largest absolute Gasteiger partial charge is 0.507 e. The maximum atomic E-state index is 10.8. The Morgan fingerprint density at radius 3 is 2.33 bits per heavy atom. The third-order valence-corrected chi connectivity index (χ3v) is 2.97. The standard InChI is InChI=1S/C14H19O4/c1-8(7-15)6-11-13(17-4)9(2)12(16)10(3)14(11)18-5/h7-8,16H,2,6H2,1,3-5H3/t8-/m1/s1. The highest BCUT2D eigenvalue weighted by Gasteiger charge is 2.22. The summed E-state index contributed by atoms with van der Waals surface area (Å²) in [6.45, 7) is 7.37. The number of phenolic OH excluding ortho intramolecular Hbond substituents is 1. The van der Waals surface area contributed by atoms with E-state index < -0.39 is 0 Å². The molecule has 0 aliphatic carbocycles. The fourth-order valence-electron chi connectivity index (χ4n) is 2.03. The van der Waals surface area contributed by atoms with Crippen LogP contribution in [0, 0.1) is 19.8 Å². The Bertz CT molecular complexity index is 421. The molecule has 1 aromatic carbocycles. The predicted octanol–water partition coefficient (Wildman–Crippen LogP) is 2.28. The molecule has 0 aromatic heterocycles. The van der Waals surface area contributed by atoms with E-state index in [2.05, 4.69) is 6.92 Å². The molecule has 0 aliphatic heterocycles. The smallest absolute Gasteiger partial charge is 0.132 e. The highest BCUT2D eigenvalue weighted by molar-refractivity contribution is 5.64. The van der Waals surface area contributed by atoms with Crippen LogP contribution in [0.15, 0.2) is 0 Å². The third-order valence-electron chi connectivity index (χ3n) is 2.97. The zero-order chi connectivity index (χ0) is 13.9. The monoisotopic (exact) mass is 251 g/mol. The summed E-state index contributed by atoms with van der Waals surface area (Å²) in [6, 6.07) is 0. The van der Waals surface area contributed by atoms with Crippen molar-refractivity contribution in [1.29, 1.82) is 0 Å². The van der Waals surface area contributed by atoms with Crippen molar-refractivity contribution in [2.75, 3.05) is 14.2 Å². The van der Waals surface area contributed by atoms with Crippen LogP contribution < -0.4 is 9.47 Å². The molecule has 0 unspecified atom stereocenters. The molecule has 0 aliphatic rings. The minimum atomic E-state index is -0.156. The van der Waals surface area contributed by atoms with Crippen molar-refractivity contribution < 1.29 is 19.4 Å². The zero-order valence-electron chi connectivity index (χ0n) is 11.2. The van der Waals surface area contributed by atoms with Gasteiger partial charge in [-0.05, 0) is 20.3 Å². The number of hydrogen-bond acceptors (Lipinski definition) is 4. The summed E-state index contributed by atoms with van der Waals surface area (Å²) >= 11 is 0. The minimum Gasteiger partial charge on any atom is -0.507 e. The number of carbonyl (C=O) groups excluding carboxylic acids is 1. The van der Waals surface area contributed by atoms with Crippen LogP contribution in [0.5, 0.6) is 17.2 Å². The summed E-state index contributed by atoms with van der Waals surface area (Å²) in [5.74, 6) is 0.927. The van der Waals surface area contributed by atoms with E-state index in [1.807, 2.05) is 6.92 Å². The summed E-state index contributed by atoms with van der Waals surface area (Å²) in [4.78, 5) is 10.8. The van der Waals surface area contributed by atoms with E-state index in [4.69, 9.17) is 9.47 Å². The molecule has 1 aromatic rings. The molecule has 0 heterocycles. The first-order valence-corrected chi connectivity index (χ1v) is 5.71. The number of ether oxygens (including phenoxy) is 2. The van der Waals surface area contributed by atoms with Gasteiger partial charge >= 0.3 is 0 Å². The summed E-state index contributed by atoms with van der Waals surface area (Å²) in [6.07, 6.45) is 1.36. The SMILES string of the molecule is [CH2]c1c(O)c(C)c(OC)c(C[C@@H](C)C=O)c1OC. The van der Waals surface area contributed by atoms with Gasteiger partial charge in [-0.3, -0.25) is 0 Å². The van der Waals surface area contributed by atoms with Crippen molar-refractivity contribution in [2.24, 2.45) is 5.92 Å². The van der Waals surface area contributed by atoms with Crippen molar-refractivity contribution in [3.05, 3.63) is 23.6 Å². The zero-order valence-corrected chi connectivity index (χ0v) is 11.2. The van der Waals surface area contributed by atoms with Crippen molar-refractivity contribution in [3.63, 3.8) is 0 Å². The Balaban J connectivity index is 3.48. The van der Waals surface area contributed by atoms with Gasteiger partial charge in [0.15, 0.2) is 0 Å². The van der Waals surface area contributed by atoms with Crippen molar-refractivity contribution >= 4 is 6.29 Å². The molecule has 0 saturated carbocycles. The number of hydrogen-bond donors (Lipinski definition) is 1. The minimum absolute atomic E-state index is 0.0613. The fourth-order valence-corrected chi connectivity index (χ4v) is 2.03. The molecule has 99 valence electrons. The maximum absolute atomic E-state index is 10.8. The normalized spacial score (nSPS) is 12.1. The van der Waals surface area contributed by atoms with Crippen LogP contribution in [0.3, 0.4) is 0 Å². The van der Waals surface area contributed by atoms with Crippen molar-refractivity contribution in [3.8, 4) is 17.2 Å². The van der Waals surface area contributed by atoms with E-state index in [9.17, 15) is 9.90 Å². The first-order chi connectivity index (χ1) is 8.47. The van der Waals surface area contributed by atoms with Gasteiger partial charge in [-0.15, -0.1) is 0 Å². The van der Waals surface area contributed by atoms with Crippen molar-refractivity contribution in [2.45, 2.75) is 20.3 Å². The topological polar surface area (TPSA) is 55.8 Å². The fraction of sp³-hybridized carbons (Fsp3) is 0.429. The summed E-state index contributed by atoms with van der Waals surface area (Å²) in [5.41, 5.74) is 1.79. The first kappa shape index (κ1) is 14.4. The van der Waals surface area contributed by atoms with Gasteiger partial charge in [-0.2, -0.15) is 0 Å². The van der Waals surface area contributed by atoms with Crippen LogP contribution in [-0.2, 0) is 11.2 Å². The Kier molecular flexibility index (Phi) is 4.59. The molecule has 0 spiro atoms. The van der Waals surface area contributed by atoms with Crippen LogP contribution in [-0.4, -0.2) is 25.6 Å². The molecule has 4 nitrogen and oxygen atoms in total. The number of phenols is 1. The summed E-state index contributed by atoms with van der Waals surface area (Å²) in [5, 5.41) is 9.95. The molecule has 1 N–H and O–H groups in total. The van der Waals surface area contributed by atoms with E-state index in [0.717, 1.165) is 11.8 Å². The number of methoxy groups -OCH3 is 2. The van der Waals surface area contributed by atoms with Crippen LogP contribution in [0.1, 0.15) is 23.6 Å². The summed E-state index contributed by atoms with van der Waals surface area (Å²) in [7, 11) is 3.03. The second kappa shape index (κ2) is 5.76. The van der Waals surface area contributed by atoms with Gasteiger partial charge in [0.05, 0.1) is 14.2 Å². The van der Waals surface area contributed by atoms with Gasteiger partial charge in [0.2, 0.25) is 0 Å². The Morgan fingerprint density at radius 1 is 1.33 bits per heavy atom. The number of aromatic hydroxyl groups is 1. The molecule has 18 heavy (non-hydrogen) atoms. The molecule has 1 radical (unpaired) electrons. The molecule has 0 amide bonds. The van der Waals surface area contributed by atoms with E-state index in [1.165, 1.54) is 14.2 Å². The molecule has 1 rings (SSSR count). The Labute approximate surface area is 108 Å². The lowest BCUT2D eigenvalue weighted by molar-refractivity contribution is -0.110. The maximum Gasteiger partial charge on any atom is 0.132 e. The highest BCUT2D eigenvalue weighted by atomic mass is 16.5. The van der Waals surface area contributed by atoms with Crippen LogP contribution in [0.2, 0.25) is 0 Å².